The molecule has 30 heavy (non-hydrogen) atoms. The number of imidazole rings is 1. The fourth-order valence-corrected chi connectivity index (χ4v) is 4.00. The van der Waals surface area contributed by atoms with E-state index in [-0.39, 0.29) is 5.91 Å². The van der Waals surface area contributed by atoms with Gasteiger partial charge in [0.2, 0.25) is 0 Å². The van der Waals surface area contributed by atoms with Gasteiger partial charge in [0.05, 0.1) is 7.11 Å². The van der Waals surface area contributed by atoms with Crippen LogP contribution in [0.15, 0.2) is 48.8 Å². The molecule has 1 aliphatic heterocycles. The van der Waals surface area contributed by atoms with Gasteiger partial charge < -0.3 is 10.1 Å². The van der Waals surface area contributed by atoms with Gasteiger partial charge in [0, 0.05) is 47.9 Å². The number of ether oxygens (including phenoxy) is 1. The summed E-state index contributed by atoms with van der Waals surface area (Å²) in [6.07, 6.45) is 4.60. The van der Waals surface area contributed by atoms with E-state index in [2.05, 4.69) is 41.2 Å². The number of fused-ring (bicyclic) bond motifs is 1. The van der Waals surface area contributed by atoms with E-state index < -0.39 is 0 Å². The van der Waals surface area contributed by atoms with Crippen LogP contribution in [0, 0.1) is 0 Å². The molecule has 0 aliphatic carbocycles. The van der Waals surface area contributed by atoms with Crippen LogP contribution in [-0.4, -0.2) is 47.1 Å². The van der Waals surface area contributed by atoms with Crippen LogP contribution in [0.3, 0.4) is 0 Å². The van der Waals surface area contributed by atoms with E-state index >= 15 is 0 Å². The summed E-state index contributed by atoms with van der Waals surface area (Å²) >= 11 is 0. The first-order chi connectivity index (χ1) is 14.6. The molecule has 3 aromatic rings. The van der Waals surface area contributed by atoms with Gasteiger partial charge in [-0.15, -0.1) is 0 Å². The predicted molar refractivity (Wildman–Crippen MR) is 118 cm³/mol. The maximum atomic E-state index is 12.3. The Labute approximate surface area is 177 Å². The van der Waals surface area contributed by atoms with Gasteiger partial charge in [0.1, 0.15) is 11.6 Å². The number of rotatable bonds is 7. The van der Waals surface area contributed by atoms with Crippen molar-refractivity contribution < 1.29 is 9.53 Å². The summed E-state index contributed by atoms with van der Waals surface area (Å²) in [6, 6.07) is 12.3. The van der Waals surface area contributed by atoms with Crippen LogP contribution in [0.25, 0.3) is 17.1 Å². The van der Waals surface area contributed by atoms with Gasteiger partial charge in [-0.2, -0.15) is 0 Å². The van der Waals surface area contributed by atoms with Gasteiger partial charge in [0.15, 0.2) is 0 Å². The van der Waals surface area contributed by atoms with Crippen LogP contribution in [0.5, 0.6) is 5.75 Å². The Morgan fingerprint density at radius 1 is 1.17 bits per heavy atom. The van der Waals surface area contributed by atoms with E-state index in [1.165, 1.54) is 0 Å². The van der Waals surface area contributed by atoms with Crippen LogP contribution in [-0.2, 0) is 13.0 Å². The quantitative estimate of drug-likeness (QED) is 0.653. The fraction of sp³-hybridized carbons (Fsp3) is 0.333. The summed E-state index contributed by atoms with van der Waals surface area (Å²) in [5, 5.41) is 2.92. The number of benzene rings is 2. The standard InChI is InChI=1S/C24H28N4O2/c1-4-27(5-2)16-19-14-18(7-9-22(19)30-3)23-25-12-13-28(23)20-8-6-17-10-11-26-24(29)21(17)15-20/h6-9,12-15H,4-5,10-11,16H2,1-3H3,(H,26,29). The topological polar surface area (TPSA) is 59.4 Å². The smallest absolute Gasteiger partial charge is 0.251 e. The summed E-state index contributed by atoms with van der Waals surface area (Å²) in [6.45, 7) is 7.81. The van der Waals surface area contributed by atoms with Crippen LogP contribution >= 0.6 is 0 Å². The second-order valence-electron chi connectivity index (χ2n) is 7.46. The summed E-state index contributed by atoms with van der Waals surface area (Å²) in [5.41, 5.74) is 4.92. The molecule has 2 aromatic carbocycles. The Morgan fingerprint density at radius 3 is 2.77 bits per heavy atom. The zero-order chi connectivity index (χ0) is 21.1. The highest BCUT2D eigenvalue weighted by Gasteiger charge is 2.18. The van der Waals surface area contributed by atoms with E-state index in [4.69, 9.17) is 4.74 Å². The van der Waals surface area contributed by atoms with E-state index in [0.717, 1.165) is 65.6 Å². The fourth-order valence-electron chi connectivity index (χ4n) is 4.00. The zero-order valence-electron chi connectivity index (χ0n) is 17.8. The number of methoxy groups -OCH3 is 1. The van der Waals surface area contributed by atoms with Gasteiger partial charge in [-0.1, -0.05) is 19.9 Å². The Morgan fingerprint density at radius 2 is 2.00 bits per heavy atom. The van der Waals surface area contributed by atoms with Crippen LogP contribution in [0.2, 0.25) is 0 Å². The van der Waals surface area contributed by atoms with Crippen molar-refractivity contribution in [2.75, 3.05) is 26.7 Å². The van der Waals surface area contributed by atoms with Crippen LogP contribution in [0.4, 0.5) is 0 Å². The highest BCUT2D eigenvalue weighted by atomic mass is 16.5. The first-order valence-electron chi connectivity index (χ1n) is 10.5. The number of carbonyl (C=O) groups is 1. The minimum absolute atomic E-state index is 0.00859. The second kappa shape index (κ2) is 8.71. The van der Waals surface area contributed by atoms with Crippen molar-refractivity contribution in [1.29, 1.82) is 0 Å². The predicted octanol–water partition coefficient (Wildman–Crippen LogP) is 3.68. The molecule has 0 unspecified atom stereocenters. The normalized spacial score (nSPS) is 13.3. The molecule has 6 nitrogen and oxygen atoms in total. The van der Waals surface area contributed by atoms with Gasteiger partial charge in [-0.05, 0) is 55.4 Å². The molecule has 1 N–H and O–H groups in total. The number of nitrogens with zero attached hydrogens (tertiary/aromatic N) is 3. The molecular weight excluding hydrogens is 376 g/mol. The maximum absolute atomic E-state index is 12.3. The van der Waals surface area contributed by atoms with Crippen molar-refractivity contribution in [3.8, 4) is 22.8 Å². The largest absolute Gasteiger partial charge is 0.496 e. The molecule has 0 saturated heterocycles. The minimum atomic E-state index is -0.00859. The molecule has 4 rings (SSSR count). The van der Waals surface area contributed by atoms with Crippen molar-refractivity contribution in [3.05, 3.63) is 65.5 Å². The summed E-state index contributed by atoms with van der Waals surface area (Å²) in [5.74, 6) is 1.72. The Kier molecular flexibility index (Phi) is 5.86. The van der Waals surface area contributed by atoms with Gasteiger partial charge >= 0.3 is 0 Å². The highest BCUT2D eigenvalue weighted by molar-refractivity contribution is 5.97. The lowest BCUT2D eigenvalue weighted by molar-refractivity contribution is 0.0946. The third-order valence-electron chi connectivity index (χ3n) is 5.76. The molecule has 0 radical (unpaired) electrons. The lowest BCUT2D eigenvalue weighted by Gasteiger charge is -2.20. The van der Waals surface area contributed by atoms with Crippen molar-refractivity contribution in [2.24, 2.45) is 0 Å². The van der Waals surface area contributed by atoms with Crippen molar-refractivity contribution in [3.63, 3.8) is 0 Å². The second-order valence-corrected chi connectivity index (χ2v) is 7.46. The third kappa shape index (κ3) is 3.83. The molecule has 0 bridgehead atoms. The lowest BCUT2D eigenvalue weighted by Crippen LogP contribution is -2.31. The SMILES string of the molecule is CCN(CC)Cc1cc(-c2nccn2-c2ccc3c(c2)C(=O)NCC3)ccc1OC. The van der Waals surface area contributed by atoms with E-state index in [1.54, 1.807) is 13.3 Å². The summed E-state index contributed by atoms with van der Waals surface area (Å²) in [7, 11) is 1.71. The molecular formula is C24H28N4O2. The van der Waals surface area contributed by atoms with E-state index in [9.17, 15) is 4.79 Å². The maximum Gasteiger partial charge on any atom is 0.251 e. The molecule has 1 amide bonds. The summed E-state index contributed by atoms with van der Waals surface area (Å²) < 4.78 is 7.63. The molecule has 156 valence electrons. The molecule has 0 saturated carbocycles. The molecule has 2 heterocycles. The number of amides is 1. The average molecular weight is 405 g/mol. The average Bonchev–Trinajstić information content (AvgIpc) is 3.27. The van der Waals surface area contributed by atoms with E-state index in [1.807, 2.05) is 35.0 Å². The molecule has 0 fully saturated rings. The molecule has 1 aromatic heterocycles. The van der Waals surface area contributed by atoms with Crippen molar-refractivity contribution in [2.45, 2.75) is 26.8 Å². The van der Waals surface area contributed by atoms with Gasteiger partial charge in [-0.25, -0.2) is 4.98 Å². The Bertz CT molecular complexity index is 1050. The summed E-state index contributed by atoms with van der Waals surface area (Å²) in [4.78, 5) is 19.3. The van der Waals surface area contributed by atoms with Crippen LogP contribution < -0.4 is 10.1 Å². The monoisotopic (exact) mass is 404 g/mol. The number of carbonyl (C=O) groups excluding carboxylic acids is 1. The van der Waals surface area contributed by atoms with E-state index in [0.29, 0.717) is 6.54 Å². The molecule has 0 atom stereocenters. The highest BCUT2D eigenvalue weighted by Crippen LogP contribution is 2.29. The minimum Gasteiger partial charge on any atom is -0.496 e. The number of hydrogen-bond donors (Lipinski definition) is 1. The number of aromatic nitrogens is 2. The third-order valence-corrected chi connectivity index (χ3v) is 5.76. The zero-order valence-corrected chi connectivity index (χ0v) is 17.8. The first kappa shape index (κ1) is 20.2. The van der Waals surface area contributed by atoms with Gasteiger partial charge in [0.25, 0.3) is 5.91 Å². The Hall–Kier alpha value is -3.12. The molecule has 6 heteroatoms. The Balaban J connectivity index is 1.73. The lowest BCUT2D eigenvalue weighted by atomic mass is 9.99. The van der Waals surface area contributed by atoms with Crippen LogP contribution in [0.1, 0.15) is 35.3 Å². The van der Waals surface area contributed by atoms with Crippen molar-refractivity contribution >= 4 is 5.91 Å². The molecule has 1 aliphatic rings. The van der Waals surface area contributed by atoms with Crippen molar-refractivity contribution in [1.82, 2.24) is 19.8 Å². The number of hydrogen-bond acceptors (Lipinski definition) is 4. The first-order valence-corrected chi connectivity index (χ1v) is 10.5. The number of nitrogens with one attached hydrogen (secondary N) is 1. The van der Waals surface area contributed by atoms with Gasteiger partial charge in [-0.3, -0.25) is 14.3 Å². The molecule has 0 spiro atoms.